The van der Waals surface area contributed by atoms with E-state index in [4.69, 9.17) is 5.11 Å². The summed E-state index contributed by atoms with van der Waals surface area (Å²) in [5, 5.41) is 9.00. The fourth-order valence-electron chi connectivity index (χ4n) is 7.86. The number of aliphatic hydroxyl groups excluding tert-OH is 1. The summed E-state index contributed by atoms with van der Waals surface area (Å²) in [6.07, 6.45) is 26.3. The van der Waals surface area contributed by atoms with Crippen LogP contribution in [0.1, 0.15) is 129 Å². The van der Waals surface area contributed by atoms with Gasteiger partial charge in [-0.3, -0.25) is 0 Å². The fraction of sp³-hybridized carbons (Fsp3) is 1.00. The second kappa shape index (κ2) is 12.7. The predicted molar refractivity (Wildman–Crippen MR) is 126 cm³/mol. The SMILES string of the molecule is CCCC1CCC(C2CCC(C3CCC(CCCCCO)CC3CC)CC2)CC1. The Hall–Kier alpha value is -0.0400. The summed E-state index contributed by atoms with van der Waals surface area (Å²) in [5.41, 5.74) is 0. The van der Waals surface area contributed by atoms with Crippen LogP contribution in [-0.4, -0.2) is 11.7 Å². The molecule has 1 N–H and O–H groups in total. The Balaban J connectivity index is 1.39. The molecule has 0 aromatic heterocycles. The van der Waals surface area contributed by atoms with E-state index in [9.17, 15) is 0 Å². The second-order valence-corrected chi connectivity index (χ2v) is 11.3. The van der Waals surface area contributed by atoms with Crippen LogP contribution in [0.15, 0.2) is 0 Å². The Morgan fingerprint density at radius 3 is 1.86 bits per heavy atom. The zero-order valence-corrected chi connectivity index (χ0v) is 19.9. The Morgan fingerprint density at radius 2 is 1.24 bits per heavy atom. The number of rotatable bonds is 10. The van der Waals surface area contributed by atoms with Crippen molar-refractivity contribution in [1.29, 1.82) is 0 Å². The van der Waals surface area contributed by atoms with Crippen molar-refractivity contribution in [2.24, 2.45) is 41.4 Å². The number of aliphatic hydroxyl groups is 1. The van der Waals surface area contributed by atoms with Crippen LogP contribution in [0.5, 0.6) is 0 Å². The summed E-state index contributed by atoms with van der Waals surface area (Å²) in [6, 6.07) is 0. The Bertz CT molecular complexity index is 416. The van der Waals surface area contributed by atoms with Gasteiger partial charge in [-0.2, -0.15) is 0 Å². The van der Waals surface area contributed by atoms with E-state index < -0.39 is 0 Å². The molecule has 170 valence electrons. The molecule has 0 saturated heterocycles. The molecule has 0 heterocycles. The average molecular weight is 405 g/mol. The van der Waals surface area contributed by atoms with E-state index >= 15 is 0 Å². The first-order valence-electron chi connectivity index (χ1n) is 13.9. The monoisotopic (exact) mass is 404 g/mol. The predicted octanol–water partition coefficient (Wildman–Crippen LogP) is 8.39. The Kier molecular flexibility index (Phi) is 10.4. The van der Waals surface area contributed by atoms with Crippen LogP contribution in [0.25, 0.3) is 0 Å². The van der Waals surface area contributed by atoms with Crippen molar-refractivity contribution in [3.63, 3.8) is 0 Å². The van der Waals surface area contributed by atoms with E-state index in [2.05, 4.69) is 13.8 Å². The van der Waals surface area contributed by atoms with Crippen LogP contribution in [-0.2, 0) is 0 Å². The molecule has 0 spiro atoms. The first kappa shape index (κ1) is 23.6. The van der Waals surface area contributed by atoms with Crippen molar-refractivity contribution in [3.05, 3.63) is 0 Å². The number of unbranched alkanes of at least 4 members (excludes halogenated alkanes) is 2. The molecule has 0 aliphatic heterocycles. The molecular formula is C28H52O. The highest BCUT2D eigenvalue weighted by molar-refractivity contribution is 4.88. The fourth-order valence-corrected chi connectivity index (χ4v) is 7.86. The zero-order chi connectivity index (χ0) is 20.5. The molecule has 3 rings (SSSR count). The van der Waals surface area contributed by atoms with Gasteiger partial charge in [-0.05, 0) is 99.2 Å². The van der Waals surface area contributed by atoms with Crippen molar-refractivity contribution in [2.45, 2.75) is 129 Å². The van der Waals surface area contributed by atoms with Gasteiger partial charge in [-0.25, -0.2) is 0 Å². The molecule has 3 atom stereocenters. The summed E-state index contributed by atoms with van der Waals surface area (Å²) < 4.78 is 0. The van der Waals surface area contributed by atoms with Crippen LogP contribution in [0, 0.1) is 41.4 Å². The third-order valence-electron chi connectivity index (χ3n) is 9.62. The third kappa shape index (κ3) is 6.98. The topological polar surface area (TPSA) is 20.2 Å². The molecule has 3 aliphatic rings. The summed E-state index contributed by atoms with van der Waals surface area (Å²) in [7, 11) is 0. The molecule has 1 nitrogen and oxygen atoms in total. The van der Waals surface area contributed by atoms with E-state index in [0.29, 0.717) is 6.61 Å². The van der Waals surface area contributed by atoms with Gasteiger partial charge in [0.15, 0.2) is 0 Å². The maximum Gasteiger partial charge on any atom is 0.0431 e. The minimum Gasteiger partial charge on any atom is -0.396 e. The lowest BCUT2D eigenvalue weighted by atomic mass is 9.61. The van der Waals surface area contributed by atoms with Crippen molar-refractivity contribution >= 4 is 0 Å². The highest BCUT2D eigenvalue weighted by Gasteiger charge is 2.37. The molecule has 3 fully saturated rings. The average Bonchev–Trinajstić information content (AvgIpc) is 2.77. The Morgan fingerprint density at radius 1 is 0.621 bits per heavy atom. The third-order valence-corrected chi connectivity index (χ3v) is 9.62. The van der Waals surface area contributed by atoms with Gasteiger partial charge in [-0.1, -0.05) is 71.6 Å². The number of hydrogen-bond donors (Lipinski definition) is 1. The lowest BCUT2D eigenvalue weighted by molar-refractivity contribution is 0.0642. The van der Waals surface area contributed by atoms with Gasteiger partial charge in [0.1, 0.15) is 0 Å². The molecule has 3 saturated carbocycles. The Labute approximate surface area is 182 Å². The van der Waals surface area contributed by atoms with Crippen molar-refractivity contribution in [3.8, 4) is 0 Å². The minimum atomic E-state index is 0.382. The molecule has 3 aliphatic carbocycles. The smallest absolute Gasteiger partial charge is 0.0431 e. The van der Waals surface area contributed by atoms with Gasteiger partial charge in [0.2, 0.25) is 0 Å². The molecule has 1 heteroatoms. The summed E-state index contributed by atoms with van der Waals surface area (Å²) in [4.78, 5) is 0. The van der Waals surface area contributed by atoms with Gasteiger partial charge in [0.05, 0.1) is 0 Å². The van der Waals surface area contributed by atoms with Gasteiger partial charge < -0.3 is 5.11 Å². The molecule has 3 unspecified atom stereocenters. The van der Waals surface area contributed by atoms with E-state index in [0.717, 1.165) is 47.8 Å². The minimum absolute atomic E-state index is 0.382. The molecule has 0 radical (unpaired) electrons. The van der Waals surface area contributed by atoms with Crippen molar-refractivity contribution < 1.29 is 5.11 Å². The molecule has 29 heavy (non-hydrogen) atoms. The molecule has 0 aromatic rings. The summed E-state index contributed by atoms with van der Waals surface area (Å²) in [6.45, 7) is 5.21. The second-order valence-electron chi connectivity index (χ2n) is 11.3. The first-order chi connectivity index (χ1) is 14.2. The first-order valence-corrected chi connectivity index (χ1v) is 13.9. The van der Waals surface area contributed by atoms with Crippen molar-refractivity contribution in [2.75, 3.05) is 6.61 Å². The standard InChI is InChI=1S/C28H52O/c1-3-8-22-10-13-25(14-11-22)26-15-17-27(18-16-26)28-19-12-23(21-24(28)4-2)9-6-5-7-20-29/h22-29H,3-21H2,1-2H3. The van der Waals surface area contributed by atoms with Crippen LogP contribution < -0.4 is 0 Å². The van der Waals surface area contributed by atoms with E-state index in [1.165, 1.54) is 57.8 Å². The molecule has 0 amide bonds. The molecular weight excluding hydrogens is 352 g/mol. The van der Waals surface area contributed by atoms with Crippen LogP contribution in [0.3, 0.4) is 0 Å². The highest BCUT2D eigenvalue weighted by atomic mass is 16.2. The van der Waals surface area contributed by atoms with E-state index in [1.54, 1.807) is 51.4 Å². The van der Waals surface area contributed by atoms with Crippen LogP contribution >= 0.6 is 0 Å². The summed E-state index contributed by atoms with van der Waals surface area (Å²) in [5.74, 6) is 7.34. The van der Waals surface area contributed by atoms with Crippen LogP contribution in [0.4, 0.5) is 0 Å². The quantitative estimate of drug-likeness (QED) is 0.362. The lowest BCUT2D eigenvalue weighted by Gasteiger charge is -2.44. The molecule has 0 bridgehead atoms. The molecule has 0 aromatic carbocycles. The zero-order valence-electron chi connectivity index (χ0n) is 19.9. The summed E-state index contributed by atoms with van der Waals surface area (Å²) >= 11 is 0. The van der Waals surface area contributed by atoms with Gasteiger partial charge in [0, 0.05) is 6.61 Å². The largest absolute Gasteiger partial charge is 0.396 e. The van der Waals surface area contributed by atoms with Crippen LogP contribution in [0.2, 0.25) is 0 Å². The van der Waals surface area contributed by atoms with Crippen molar-refractivity contribution in [1.82, 2.24) is 0 Å². The van der Waals surface area contributed by atoms with Gasteiger partial charge in [0.25, 0.3) is 0 Å². The number of hydrogen-bond acceptors (Lipinski definition) is 1. The lowest BCUT2D eigenvalue weighted by Crippen LogP contribution is -2.34. The normalized spacial score (nSPS) is 38.8. The maximum atomic E-state index is 9.00. The highest BCUT2D eigenvalue weighted by Crippen LogP contribution is 2.49. The van der Waals surface area contributed by atoms with Gasteiger partial charge in [-0.15, -0.1) is 0 Å². The van der Waals surface area contributed by atoms with E-state index in [1.807, 2.05) is 0 Å². The van der Waals surface area contributed by atoms with Gasteiger partial charge >= 0.3 is 0 Å². The van der Waals surface area contributed by atoms with E-state index in [-0.39, 0.29) is 0 Å². The maximum absolute atomic E-state index is 9.00.